The van der Waals surface area contributed by atoms with Crippen LogP contribution in [0, 0.1) is 13.8 Å². The summed E-state index contributed by atoms with van der Waals surface area (Å²) >= 11 is 0. The molecule has 1 unspecified atom stereocenters. The Hall–Kier alpha value is -1.82. The number of ether oxygens (including phenoxy) is 1. The van der Waals surface area contributed by atoms with Gasteiger partial charge in [0.15, 0.2) is 0 Å². The number of aryl methyl sites for hydroxylation is 2. The third kappa shape index (κ3) is 4.38. The Bertz CT molecular complexity index is 600. The maximum atomic E-state index is 12.9. The first-order chi connectivity index (χ1) is 11.5. The molecule has 0 bridgehead atoms. The molecule has 1 atom stereocenters. The van der Waals surface area contributed by atoms with Gasteiger partial charge in [0.2, 0.25) is 5.91 Å². The van der Waals surface area contributed by atoms with Crippen molar-refractivity contribution in [2.24, 2.45) is 0 Å². The van der Waals surface area contributed by atoms with Gasteiger partial charge in [-0.05, 0) is 45.6 Å². The Morgan fingerprint density at radius 1 is 1.29 bits per heavy atom. The van der Waals surface area contributed by atoms with Gasteiger partial charge in [0.05, 0.1) is 11.7 Å². The fraction of sp³-hybridized carbons (Fsp3) is 0.667. The number of hydrogen-bond acceptors (Lipinski definition) is 4. The minimum atomic E-state index is -0.0842. The standard InChI is InChI=1S/C18H26N2O4/c1-12-10-16(13(2)24-12)18(22)20(11-15-4-3-9-23-15)8-7-17(21)19-14-5-6-14/h10,14-15H,3-9,11H2,1-2H3,(H,19,21). The van der Waals surface area contributed by atoms with Gasteiger partial charge in [-0.2, -0.15) is 0 Å². The molecule has 1 N–H and O–H groups in total. The van der Waals surface area contributed by atoms with Crippen LogP contribution in [0.15, 0.2) is 10.5 Å². The zero-order chi connectivity index (χ0) is 17.1. The van der Waals surface area contributed by atoms with Crippen LogP contribution in [0.4, 0.5) is 0 Å². The lowest BCUT2D eigenvalue weighted by atomic mass is 10.1. The summed E-state index contributed by atoms with van der Waals surface area (Å²) in [4.78, 5) is 26.6. The van der Waals surface area contributed by atoms with E-state index < -0.39 is 0 Å². The van der Waals surface area contributed by atoms with Crippen LogP contribution in [0.3, 0.4) is 0 Å². The van der Waals surface area contributed by atoms with Crippen LogP contribution >= 0.6 is 0 Å². The monoisotopic (exact) mass is 334 g/mol. The summed E-state index contributed by atoms with van der Waals surface area (Å²) < 4.78 is 11.2. The Morgan fingerprint density at radius 2 is 2.08 bits per heavy atom. The second-order valence-electron chi connectivity index (χ2n) is 6.80. The van der Waals surface area contributed by atoms with Crippen molar-refractivity contribution >= 4 is 11.8 Å². The Morgan fingerprint density at radius 3 is 2.67 bits per heavy atom. The summed E-state index contributed by atoms with van der Waals surface area (Å²) in [6.45, 7) is 5.31. The van der Waals surface area contributed by atoms with Gasteiger partial charge in [0.25, 0.3) is 5.91 Å². The summed E-state index contributed by atoms with van der Waals surface area (Å²) in [7, 11) is 0. The molecule has 1 aliphatic carbocycles. The molecule has 2 fully saturated rings. The molecule has 24 heavy (non-hydrogen) atoms. The van der Waals surface area contributed by atoms with E-state index in [2.05, 4.69) is 5.32 Å². The van der Waals surface area contributed by atoms with Gasteiger partial charge in [0, 0.05) is 32.2 Å². The molecule has 6 heteroatoms. The van der Waals surface area contributed by atoms with E-state index in [1.807, 2.05) is 6.92 Å². The largest absolute Gasteiger partial charge is 0.466 e. The lowest BCUT2D eigenvalue weighted by molar-refractivity contribution is -0.121. The molecule has 1 aromatic rings. The van der Waals surface area contributed by atoms with Crippen molar-refractivity contribution in [3.8, 4) is 0 Å². The van der Waals surface area contributed by atoms with Crippen LogP contribution in [0.2, 0.25) is 0 Å². The minimum Gasteiger partial charge on any atom is -0.466 e. The van der Waals surface area contributed by atoms with E-state index >= 15 is 0 Å². The second-order valence-corrected chi connectivity index (χ2v) is 6.80. The van der Waals surface area contributed by atoms with E-state index in [4.69, 9.17) is 9.15 Å². The molecule has 1 saturated carbocycles. The molecule has 0 radical (unpaired) electrons. The highest BCUT2D eigenvalue weighted by Crippen LogP contribution is 2.20. The zero-order valence-electron chi connectivity index (χ0n) is 14.5. The molecular formula is C18H26N2O4. The number of rotatable bonds is 7. The van der Waals surface area contributed by atoms with Crippen LogP contribution < -0.4 is 5.32 Å². The average Bonchev–Trinajstić information content (AvgIpc) is 3.06. The van der Waals surface area contributed by atoms with Gasteiger partial charge in [-0.3, -0.25) is 9.59 Å². The predicted molar refractivity (Wildman–Crippen MR) is 88.8 cm³/mol. The summed E-state index contributed by atoms with van der Waals surface area (Å²) in [5.74, 6) is 1.28. The van der Waals surface area contributed by atoms with Crippen molar-refractivity contribution in [3.63, 3.8) is 0 Å². The first-order valence-corrected chi connectivity index (χ1v) is 8.80. The first kappa shape index (κ1) is 17.0. The van der Waals surface area contributed by atoms with Crippen LogP contribution in [0.5, 0.6) is 0 Å². The van der Waals surface area contributed by atoms with Crippen molar-refractivity contribution < 1.29 is 18.7 Å². The number of amides is 2. The molecule has 132 valence electrons. The number of nitrogens with one attached hydrogen (secondary N) is 1. The summed E-state index contributed by atoms with van der Waals surface area (Å²) in [6, 6.07) is 2.11. The van der Waals surface area contributed by atoms with E-state index in [1.165, 1.54) is 0 Å². The molecule has 0 aromatic carbocycles. The highest BCUT2D eigenvalue weighted by Gasteiger charge is 2.27. The average molecular weight is 334 g/mol. The van der Waals surface area contributed by atoms with Gasteiger partial charge >= 0.3 is 0 Å². The Balaban J connectivity index is 1.64. The van der Waals surface area contributed by atoms with Crippen LogP contribution in [0.25, 0.3) is 0 Å². The van der Waals surface area contributed by atoms with Crippen molar-refractivity contribution in [1.82, 2.24) is 10.2 Å². The SMILES string of the molecule is Cc1cc(C(=O)N(CCC(=O)NC2CC2)CC2CCCO2)c(C)o1. The fourth-order valence-corrected chi connectivity index (χ4v) is 3.09. The first-order valence-electron chi connectivity index (χ1n) is 8.80. The van der Waals surface area contributed by atoms with Crippen molar-refractivity contribution in [2.45, 2.75) is 58.1 Å². The quantitative estimate of drug-likeness (QED) is 0.830. The molecular weight excluding hydrogens is 308 g/mol. The van der Waals surface area contributed by atoms with E-state index in [1.54, 1.807) is 17.9 Å². The van der Waals surface area contributed by atoms with E-state index in [0.717, 1.165) is 38.1 Å². The molecule has 2 aliphatic rings. The van der Waals surface area contributed by atoms with E-state index in [0.29, 0.717) is 36.9 Å². The summed E-state index contributed by atoms with van der Waals surface area (Å²) in [5.41, 5.74) is 0.577. The third-order valence-corrected chi connectivity index (χ3v) is 4.56. The van der Waals surface area contributed by atoms with Crippen molar-refractivity contribution in [3.05, 3.63) is 23.2 Å². The predicted octanol–water partition coefficient (Wildman–Crippen LogP) is 2.19. The van der Waals surface area contributed by atoms with Gasteiger partial charge in [-0.15, -0.1) is 0 Å². The third-order valence-electron chi connectivity index (χ3n) is 4.56. The molecule has 3 rings (SSSR count). The molecule has 1 saturated heterocycles. The minimum absolute atomic E-state index is 0.0164. The number of carbonyl (C=O) groups is 2. The maximum Gasteiger partial charge on any atom is 0.257 e. The van der Waals surface area contributed by atoms with Gasteiger partial charge in [-0.1, -0.05) is 0 Å². The maximum absolute atomic E-state index is 12.9. The topological polar surface area (TPSA) is 71.8 Å². The van der Waals surface area contributed by atoms with Gasteiger partial charge < -0.3 is 19.4 Å². The normalized spacial score (nSPS) is 20.2. The van der Waals surface area contributed by atoms with Crippen LogP contribution in [0.1, 0.15) is 54.0 Å². The zero-order valence-corrected chi connectivity index (χ0v) is 14.5. The van der Waals surface area contributed by atoms with E-state index in [9.17, 15) is 9.59 Å². The highest BCUT2D eigenvalue weighted by molar-refractivity contribution is 5.95. The molecule has 2 amide bonds. The summed E-state index contributed by atoms with van der Waals surface area (Å²) in [5, 5.41) is 2.97. The van der Waals surface area contributed by atoms with Crippen molar-refractivity contribution in [1.29, 1.82) is 0 Å². The molecule has 1 aliphatic heterocycles. The van der Waals surface area contributed by atoms with Crippen LogP contribution in [-0.2, 0) is 9.53 Å². The molecule has 2 heterocycles. The lowest BCUT2D eigenvalue weighted by Crippen LogP contribution is -2.40. The van der Waals surface area contributed by atoms with Crippen LogP contribution in [-0.4, -0.2) is 48.6 Å². The molecule has 6 nitrogen and oxygen atoms in total. The molecule has 0 spiro atoms. The number of hydrogen-bond donors (Lipinski definition) is 1. The number of furan rings is 1. The Labute approximate surface area is 142 Å². The van der Waals surface area contributed by atoms with Gasteiger partial charge in [-0.25, -0.2) is 0 Å². The van der Waals surface area contributed by atoms with Crippen molar-refractivity contribution in [2.75, 3.05) is 19.7 Å². The highest BCUT2D eigenvalue weighted by atomic mass is 16.5. The number of nitrogens with zero attached hydrogens (tertiary/aromatic N) is 1. The van der Waals surface area contributed by atoms with E-state index in [-0.39, 0.29) is 17.9 Å². The number of carbonyl (C=O) groups excluding carboxylic acids is 2. The lowest BCUT2D eigenvalue weighted by Gasteiger charge is -2.25. The Kier molecular flexibility index (Phi) is 5.23. The summed E-state index contributed by atoms with van der Waals surface area (Å²) in [6.07, 6.45) is 4.51. The second kappa shape index (κ2) is 7.38. The fourth-order valence-electron chi connectivity index (χ4n) is 3.09. The smallest absolute Gasteiger partial charge is 0.257 e. The van der Waals surface area contributed by atoms with Gasteiger partial charge in [0.1, 0.15) is 11.5 Å². The molecule has 1 aromatic heterocycles.